The fraction of sp³-hybridized carbons (Fsp3) is 0.300. The minimum atomic E-state index is -0.344. The Morgan fingerprint density at radius 2 is 2.33 bits per heavy atom. The van der Waals surface area contributed by atoms with Crippen molar-refractivity contribution in [3.63, 3.8) is 0 Å². The zero-order valence-electron chi connectivity index (χ0n) is 8.26. The van der Waals surface area contributed by atoms with Crippen LogP contribution in [0.1, 0.15) is 17.3 Å². The van der Waals surface area contributed by atoms with Crippen LogP contribution in [0, 0.1) is 9.39 Å². The van der Waals surface area contributed by atoms with Crippen LogP contribution in [0.3, 0.4) is 0 Å². The molecule has 1 amide bonds. The van der Waals surface area contributed by atoms with Gasteiger partial charge in [-0.2, -0.15) is 0 Å². The molecule has 1 unspecified atom stereocenters. The summed E-state index contributed by atoms with van der Waals surface area (Å²) in [5, 5.41) is 2.67. The first kappa shape index (κ1) is 12.4. The molecule has 1 aromatic rings. The van der Waals surface area contributed by atoms with Gasteiger partial charge in [0.1, 0.15) is 5.82 Å². The maximum atomic E-state index is 12.8. The lowest BCUT2D eigenvalue weighted by Crippen LogP contribution is -2.35. The second kappa shape index (κ2) is 5.41. The quantitative estimate of drug-likeness (QED) is 0.829. The molecule has 3 N–H and O–H groups in total. The third kappa shape index (κ3) is 3.75. The minimum absolute atomic E-state index is 0.0907. The predicted molar refractivity (Wildman–Crippen MR) is 65.1 cm³/mol. The minimum Gasteiger partial charge on any atom is -0.350 e. The third-order valence-electron chi connectivity index (χ3n) is 1.76. The van der Waals surface area contributed by atoms with E-state index in [2.05, 4.69) is 5.32 Å². The van der Waals surface area contributed by atoms with Crippen LogP contribution >= 0.6 is 22.6 Å². The Morgan fingerprint density at radius 3 is 2.87 bits per heavy atom. The summed E-state index contributed by atoms with van der Waals surface area (Å²) in [4.78, 5) is 11.6. The molecule has 0 fully saturated rings. The third-order valence-corrected chi connectivity index (χ3v) is 2.65. The van der Waals surface area contributed by atoms with Crippen molar-refractivity contribution in [3.8, 4) is 0 Å². The van der Waals surface area contributed by atoms with E-state index in [1.165, 1.54) is 18.2 Å². The van der Waals surface area contributed by atoms with Crippen LogP contribution in [-0.4, -0.2) is 18.5 Å². The van der Waals surface area contributed by atoms with Gasteiger partial charge in [-0.25, -0.2) is 4.39 Å². The van der Waals surface area contributed by atoms with Crippen LogP contribution in [0.5, 0.6) is 0 Å². The van der Waals surface area contributed by atoms with Gasteiger partial charge in [0.2, 0.25) is 0 Å². The smallest absolute Gasteiger partial charge is 0.252 e. The number of nitrogens with two attached hydrogens (primary N) is 1. The fourth-order valence-corrected chi connectivity index (χ4v) is 1.74. The number of hydrogen-bond acceptors (Lipinski definition) is 2. The van der Waals surface area contributed by atoms with Crippen molar-refractivity contribution in [2.45, 2.75) is 13.0 Å². The number of halogens is 2. The van der Waals surface area contributed by atoms with E-state index in [4.69, 9.17) is 5.73 Å². The highest BCUT2D eigenvalue weighted by molar-refractivity contribution is 14.1. The molecule has 1 aromatic carbocycles. The highest BCUT2D eigenvalue weighted by atomic mass is 127. The second-order valence-corrected chi connectivity index (χ2v) is 4.47. The zero-order valence-corrected chi connectivity index (χ0v) is 10.4. The average molecular weight is 322 g/mol. The van der Waals surface area contributed by atoms with Crippen LogP contribution in [-0.2, 0) is 0 Å². The SMILES string of the molecule is CC(N)CNC(=O)c1ccc(F)cc1I. The maximum absolute atomic E-state index is 12.8. The molecule has 5 heteroatoms. The van der Waals surface area contributed by atoms with Gasteiger partial charge in [0.25, 0.3) is 5.91 Å². The fourth-order valence-electron chi connectivity index (χ4n) is 1.02. The number of nitrogens with one attached hydrogen (secondary N) is 1. The Balaban J connectivity index is 2.74. The van der Waals surface area contributed by atoms with Crippen molar-refractivity contribution in [3.05, 3.63) is 33.1 Å². The lowest BCUT2D eigenvalue weighted by molar-refractivity contribution is 0.0951. The standard InChI is InChI=1S/C10H12FIN2O/c1-6(13)5-14-10(15)8-3-2-7(11)4-9(8)12/h2-4,6H,5,13H2,1H3,(H,14,15). The molecule has 0 bridgehead atoms. The Hall–Kier alpha value is -0.690. The summed E-state index contributed by atoms with van der Waals surface area (Å²) >= 11 is 1.93. The molecule has 0 radical (unpaired) electrons. The van der Waals surface area contributed by atoms with Gasteiger partial charge < -0.3 is 11.1 Å². The Morgan fingerprint density at radius 1 is 1.67 bits per heavy atom. The predicted octanol–water partition coefficient (Wildman–Crippen LogP) is 1.51. The molecule has 0 spiro atoms. The molecule has 0 aliphatic heterocycles. The van der Waals surface area contributed by atoms with Crippen molar-refractivity contribution >= 4 is 28.5 Å². The summed E-state index contributed by atoms with van der Waals surface area (Å²) in [7, 11) is 0. The van der Waals surface area contributed by atoms with Gasteiger partial charge in [-0.1, -0.05) is 0 Å². The van der Waals surface area contributed by atoms with E-state index in [1.807, 2.05) is 22.6 Å². The largest absolute Gasteiger partial charge is 0.350 e. The van der Waals surface area contributed by atoms with E-state index >= 15 is 0 Å². The van der Waals surface area contributed by atoms with E-state index in [-0.39, 0.29) is 17.8 Å². The summed E-state index contributed by atoms with van der Waals surface area (Å²) < 4.78 is 13.4. The molecule has 1 atom stereocenters. The second-order valence-electron chi connectivity index (χ2n) is 3.31. The van der Waals surface area contributed by atoms with E-state index in [0.29, 0.717) is 15.7 Å². The zero-order chi connectivity index (χ0) is 11.4. The summed E-state index contributed by atoms with van der Waals surface area (Å²) in [6.07, 6.45) is 0. The van der Waals surface area contributed by atoms with Gasteiger partial charge in [0, 0.05) is 16.2 Å². The topological polar surface area (TPSA) is 55.1 Å². The normalized spacial score (nSPS) is 12.3. The van der Waals surface area contributed by atoms with Gasteiger partial charge in [-0.3, -0.25) is 4.79 Å². The molecule has 0 saturated carbocycles. The first-order chi connectivity index (χ1) is 7.00. The van der Waals surface area contributed by atoms with Crippen LogP contribution in [0.15, 0.2) is 18.2 Å². The summed E-state index contributed by atoms with van der Waals surface area (Å²) in [6, 6.07) is 3.96. The molecule has 0 aliphatic rings. The van der Waals surface area contributed by atoms with E-state index < -0.39 is 0 Å². The molecule has 15 heavy (non-hydrogen) atoms. The number of amides is 1. The Bertz CT molecular complexity index is 368. The highest BCUT2D eigenvalue weighted by Crippen LogP contribution is 2.13. The van der Waals surface area contributed by atoms with Crippen molar-refractivity contribution < 1.29 is 9.18 Å². The summed E-state index contributed by atoms with van der Waals surface area (Å²) in [5.41, 5.74) is 5.97. The molecule has 0 aliphatic carbocycles. The molecule has 1 rings (SSSR count). The Kier molecular flexibility index (Phi) is 4.46. The van der Waals surface area contributed by atoms with Crippen molar-refractivity contribution in [2.75, 3.05) is 6.54 Å². The number of benzene rings is 1. The monoisotopic (exact) mass is 322 g/mol. The first-order valence-electron chi connectivity index (χ1n) is 4.49. The summed E-state index contributed by atoms with van der Waals surface area (Å²) in [5.74, 6) is -0.570. The van der Waals surface area contributed by atoms with Crippen LogP contribution in [0.25, 0.3) is 0 Å². The molecule has 82 valence electrons. The van der Waals surface area contributed by atoms with Gasteiger partial charge in [-0.15, -0.1) is 0 Å². The lowest BCUT2D eigenvalue weighted by atomic mass is 10.2. The number of carbonyl (C=O) groups excluding carboxylic acids is 1. The molecule has 0 heterocycles. The van der Waals surface area contributed by atoms with Crippen LogP contribution < -0.4 is 11.1 Å². The molecule has 0 saturated heterocycles. The van der Waals surface area contributed by atoms with E-state index in [9.17, 15) is 9.18 Å². The van der Waals surface area contributed by atoms with Crippen LogP contribution in [0.4, 0.5) is 4.39 Å². The van der Waals surface area contributed by atoms with Gasteiger partial charge in [0.15, 0.2) is 0 Å². The number of carbonyl (C=O) groups is 1. The van der Waals surface area contributed by atoms with Crippen LogP contribution in [0.2, 0.25) is 0 Å². The molecular weight excluding hydrogens is 310 g/mol. The number of rotatable bonds is 3. The van der Waals surface area contributed by atoms with Crippen molar-refractivity contribution in [1.82, 2.24) is 5.32 Å². The van der Waals surface area contributed by atoms with Crippen molar-refractivity contribution in [1.29, 1.82) is 0 Å². The number of hydrogen-bond donors (Lipinski definition) is 2. The highest BCUT2D eigenvalue weighted by Gasteiger charge is 2.10. The average Bonchev–Trinajstić information content (AvgIpc) is 2.14. The lowest BCUT2D eigenvalue weighted by Gasteiger charge is -2.08. The molecule has 3 nitrogen and oxygen atoms in total. The van der Waals surface area contributed by atoms with Gasteiger partial charge >= 0.3 is 0 Å². The maximum Gasteiger partial charge on any atom is 0.252 e. The summed E-state index contributed by atoms with van der Waals surface area (Å²) in [6.45, 7) is 2.21. The van der Waals surface area contributed by atoms with Crippen molar-refractivity contribution in [2.24, 2.45) is 5.73 Å². The van der Waals surface area contributed by atoms with Gasteiger partial charge in [-0.05, 0) is 47.7 Å². The first-order valence-corrected chi connectivity index (χ1v) is 5.57. The van der Waals surface area contributed by atoms with E-state index in [0.717, 1.165) is 0 Å². The van der Waals surface area contributed by atoms with Gasteiger partial charge in [0.05, 0.1) is 5.56 Å². The Labute approximate surface area is 101 Å². The van der Waals surface area contributed by atoms with E-state index in [1.54, 1.807) is 6.92 Å². The molecular formula is C10H12FIN2O. The molecule has 0 aromatic heterocycles.